The highest BCUT2D eigenvalue weighted by molar-refractivity contribution is 5.20. The minimum absolute atomic E-state index is 0.0231. The Labute approximate surface area is 102 Å². The first-order chi connectivity index (χ1) is 7.99. The van der Waals surface area contributed by atoms with E-state index in [2.05, 4.69) is 21.2 Å². The van der Waals surface area contributed by atoms with E-state index in [0.717, 1.165) is 12.1 Å². The van der Waals surface area contributed by atoms with Crippen LogP contribution in [0.5, 0.6) is 0 Å². The van der Waals surface area contributed by atoms with Crippen molar-refractivity contribution < 1.29 is 0 Å². The molecule has 0 amide bonds. The SMILES string of the molecule is C#CC(CC)NC(C)c1c(C)nc(C)[nH]c1=O. The molecule has 0 aliphatic heterocycles. The maximum atomic E-state index is 11.9. The van der Waals surface area contributed by atoms with Crippen LogP contribution in [0.1, 0.15) is 43.4 Å². The van der Waals surface area contributed by atoms with E-state index in [0.29, 0.717) is 11.4 Å². The van der Waals surface area contributed by atoms with E-state index in [1.807, 2.05) is 20.8 Å². The van der Waals surface area contributed by atoms with Crippen molar-refractivity contribution in [3.63, 3.8) is 0 Å². The molecule has 92 valence electrons. The van der Waals surface area contributed by atoms with Crippen LogP contribution in [0.2, 0.25) is 0 Å². The Hall–Kier alpha value is -1.60. The fourth-order valence-electron chi connectivity index (χ4n) is 1.91. The molecule has 0 saturated carbocycles. The predicted octanol–water partition coefficient (Wildman–Crippen LogP) is 1.45. The lowest BCUT2D eigenvalue weighted by atomic mass is 10.1. The second kappa shape index (κ2) is 5.65. The Bertz CT molecular complexity index is 484. The molecule has 4 nitrogen and oxygen atoms in total. The number of aromatic nitrogens is 2. The lowest BCUT2D eigenvalue weighted by Gasteiger charge is -2.19. The summed E-state index contributed by atoms with van der Waals surface area (Å²) in [5.41, 5.74) is 1.31. The van der Waals surface area contributed by atoms with Gasteiger partial charge >= 0.3 is 0 Å². The van der Waals surface area contributed by atoms with Crippen LogP contribution in [0.15, 0.2) is 4.79 Å². The van der Waals surface area contributed by atoms with Gasteiger partial charge in [0.1, 0.15) is 5.82 Å². The zero-order valence-electron chi connectivity index (χ0n) is 10.8. The minimum Gasteiger partial charge on any atom is -0.310 e. The largest absolute Gasteiger partial charge is 0.310 e. The molecular formula is C13H19N3O. The summed E-state index contributed by atoms with van der Waals surface area (Å²) in [6.45, 7) is 7.54. The van der Waals surface area contributed by atoms with Crippen molar-refractivity contribution in [2.45, 2.75) is 46.2 Å². The van der Waals surface area contributed by atoms with Crippen LogP contribution in [-0.2, 0) is 0 Å². The molecule has 1 aromatic heterocycles. The standard InChI is InChI=1S/C13H19N3O/c1-6-11(7-2)15-9(4)12-8(3)14-10(5)16-13(12)17/h1,9,11,15H,7H2,2-5H3,(H,14,16,17). The van der Waals surface area contributed by atoms with E-state index in [9.17, 15) is 4.79 Å². The van der Waals surface area contributed by atoms with Crippen molar-refractivity contribution in [3.05, 3.63) is 27.4 Å². The number of aromatic amines is 1. The van der Waals surface area contributed by atoms with Crippen molar-refractivity contribution in [3.8, 4) is 12.3 Å². The second-order valence-electron chi connectivity index (χ2n) is 4.17. The molecule has 2 N–H and O–H groups in total. The zero-order chi connectivity index (χ0) is 13.0. The van der Waals surface area contributed by atoms with Crippen LogP contribution in [0.25, 0.3) is 0 Å². The molecule has 0 aliphatic carbocycles. The maximum absolute atomic E-state index is 11.9. The molecule has 2 atom stereocenters. The van der Waals surface area contributed by atoms with Gasteiger partial charge in [-0.1, -0.05) is 12.8 Å². The third kappa shape index (κ3) is 3.18. The number of nitrogens with zero attached hydrogens (tertiary/aromatic N) is 1. The summed E-state index contributed by atoms with van der Waals surface area (Å²) < 4.78 is 0. The van der Waals surface area contributed by atoms with Gasteiger partial charge in [0.2, 0.25) is 0 Å². The summed E-state index contributed by atoms with van der Waals surface area (Å²) in [4.78, 5) is 18.9. The fourth-order valence-corrected chi connectivity index (χ4v) is 1.91. The van der Waals surface area contributed by atoms with E-state index in [1.165, 1.54) is 0 Å². The zero-order valence-corrected chi connectivity index (χ0v) is 10.8. The number of aryl methyl sites for hydroxylation is 2. The molecule has 17 heavy (non-hydrogen) atoms. The van der Waals surface area contributed by atoms with Gasteiger partial charge in [-0.2, -0.15) is 0 Å². The Kier molecular flexibility index (Phi) is 4.47. The quantitative estimate of drug-likeness (QED) is 0.774. The highest BCUT2D eigenvalue weighted by Crippen LogP contribution is 2.12. The van der Waals surface area contributed by atoms with E-state index in [-0.39, 0.29) is 17.6 Å². The van der Waals surface area contributed by atoms with Gasteiger partial charge in [-0.05, 0) is 27.2 Å². The monoisotopic (exact) mass is 233 g/mol. The summed E-state index contributed by atoms with van der Waals surface area (Å²) in [7, 11) is 0. The summed E-state index contributed by atoms with van der Waals surface area (Å²) in [5, 5.41) is 3.24. The van der Waals surface area contributed by atoms with E-state index in [4.69, 9.17) is 6.42 Å². The lowest BCUT2D eigenvalue weighted by molar-refractivity contribution is 0.504. The number of terminal acetylenes is 1. The van der Waals surface area contributed by atoms with Gasteiger partial charge in [0.15, 0.2) is 0 Å². The van der Waals surface area contributed by atoms with E-state index < -0.39 is 0 Å². The predicted molar refractivity (Wildman–Crippen MR) is 68.8 cm³/mol. The van der Waals surface area contributed by atoms with Crippen LogP contribution in [0.3, 0.4) is 0 Å². The number of hydrogen-bond donors (Lipinski definition) is 2. The number of rotatable bonds is 4. The molecule has 1 heterocycles. The molecule has 2 unspecified atom stereocenters. The van der Waals surface area contributed by atoms with Crippen molar-refractivity contribution in [2.75, 3.05) is 0 Å². The van der Waals surface area contributed by atoms with Crippen molar-refractivity contribution in [1.29, 1.82) is 0 Å². The normalized spacial score (nSPS) is 14.1. The summed E-state index contributed by atoms with van der Waals surface area (Å²) in [6.07, 6.45) is 6.23. The number of nitrogens with one attached hydrogen (secondary N) is 2. The first kappa shape index (κ1) is 13.5. The van der Waals surface area contributed by atoms with Crippen LogP contribution in [0.4, 0.5) is 0 Å². The Balaban J connectivity index is 3.01. The molecule has 0 fully saturated rings. The number of hydrogen-bond acceptors (Lipinski definition) is 3. The first-order valence-electron chi connectivity index (χ1n) is 5.79. The molecule has 0 radical (unpaired) electrons. The van der Waals surface area contributed by atoms with Gasteiger partial charge in [0.25, 0.3) is 5.56 Å². The summed E-state index contributed by atoms with van der Waals surface area (Å²) in [6, 6.07) is -0.127. The topological polar surface area (TPSA) is 57.8 Å². The van der Waals surface area contributed by atoms with Crippen LogP contribution >= 0.6 is 0 Å². The molecule has 0 bridgehead atoms. The van der Waals surface area contributed by atoms with E-state index in [1.54, 1.807) is 6.92 Å². The van der Waals surface area contributed by atoms with Crippen LogP contribution in [-0.4, -0.2) is 16.0 Å². The van der Waals surface area contributed by atoms with Gasteiger partial charge in [0, 0.05) is 11.7 Å². The molecule has 0 aromatic carbocycles. The Morgan fingerprint density at radius 2 is 2.18 bits per heavy atom. The molecule has 0 saturated heterocycles. The van der Waals surface area contributed by atoms with Gasteiger partial charge in [-0.3, -0.25) is 10.1 Å². The van der Waals surface area contributed by atoms with Gasteiger partial charge in [-0.15, -0.1) is 6.42 Å². The van der Waals surface area contributed by atoms with Crippen LogP contribution < -0.4 is 10.9 Å². The molecule has 1 aromatic rings. The smallest absolute Gasteiger partial charge is 0.255 e. The Morgan fingerprint density at radius 3 is 2.65 bits per heavy atom. The average Bonchev–Trinajstić information content (AvgIpc) is 2.24. The van der Waals surface area contributed by atoms with Gasteiger partial charge < -0.3 is 4.98 Å². The highest BCUT2D eigenvalue weighted by Gasteiger charge is 2.16. The maximum Gasteiger partial charge on any atom is 0.255 e. The summed E-state index contributed by atoms with van der Waals surface area (Å²) >= 11 is 0. The van der Waals surface area contributed by atoms with Crippen molar-refractivity contribution >= 4 is 0 Å². The van der Waals surface area contributed by atoms with Gasteiger partial charge in [0.05, 0.1) is 11.6 Å². The Morgan fingerprint density at radius 1 is 1.53 bits per heavy atom. The minimum atomic E-state index is -0.104. The number of H-pyrrole nitrogens is 1. The lowest BCUT2D eigenvalue weighted by Crippen LogP contribution is -2.34. The molecular weight excluding hydrogens is 214 g/mol. The van der Waals surface area contributed by atoms with Gasteiger partial charge in [-0.25, -0.2) is 4.98 Å². The molecule has 0 spiro atoms. The third-order valence-corrected chi connectivity index (χ3v) is 2.76. The van der Waals surface area contributed by atoms with Crippen molar-refractivity contribution in [1.82, 2.24) is 15.3 Å². The second-order valence-corrected chi connectivity index (χ2v) is 4.17. The average molecular weight is 233 g/mol. The fraction of sp³-hybridized carbons (Fsp3) is 0.538. The van der Waals surface area contributed by atoms with Crippen LogP contribution in [0, 0.1) is 26.2 Å². The van der Waals surface area contributed by atoms with E-state index >= 15 is 0 Å². The highest BCUT2D eigenvalue weighted by atomic mass is 16.1. The summed E-state index contributed by atoms with van der Waals surface area (Å²) in [5.74, 6) is 3.29. The molecule has 4 heteroatoms. The van der Waals surface area contributed by atoms with Crippen molar-refractivity contribution in [2.24, 2.45) is 0 Å². The first-order valence-corrected chi connectivity index (χ1v) is 5.79. The molecule has 1 rings (SSSR count). The molecule has 0 aliphatic rings. The third-order valence-electron chi connectivity index (χ3n) is 2.76.